The van der Waals surface area contributed by atoms with Gasteiger partial charge in [0.25, 0.3) is 5.91 Å². The molecule has 1 aliphatic rings. The number of aliphatic hydroxyl groups excluding tert-OH is 1. The number of halogens is 1. The van der Waals surface area contributed by atoms with Crippen LogP contribution in [0, 0.1) is 0 Å². The van der Waals surface area contributed by atoms with E-state index in [0.717, 1.165) is 13.1 Å². The molecule has 1 aliphatic heterocycles. The number of ketones is 1. The molecule has 1 aromatic heterocycles. The largest absolute Gasteiger partial charge is 0.503 e. The van der Waals surface area contributed by atoms with Crippen LogP contribution in [0.1, 0.15) is 36.0 Å². The first-order valence-electron chi connectivity index (χ1n) is 11.2. The number of fused-ring (bicyclic) bond motifs is 1. The number of amides is 1. The van der Waals surface area contributed by atoms with E-state index >= 15 is 0 Å². The number of para-hydroxylation sites is 1. The highest BCUT2D eigenvalue weighted by Gasteiger charge is 2.44. The van der Waals surface area contributed by atoms with Gasteiger partial charge in [-0.1, -0.05) is 49.7 Å². The maximum Gasteiger partial charge on any atom is 0.290 e. The minimum Gasteiger partial charge on any atom is -0.503 e. The Morgan fingerprint density at radius 3 is 2.59 bits per heavy atom. The van der Waals surface area contributed by atoms with Gasteiger partial charge in [-0.2, -0.15) is 0 Å². The summed E-state index contributed by atoms with van der Waals surface area (Å²) in [4.78, 5) is 30.5. The van der Waals surface area contributed by atoms with E-state index in [1.165, 1.54) is 12.0 Å². The number of rotatable bonds is 9. The number of nitrogens with zero attached hydrogens (tertiary/aromatic N) is 2. The molecule has 34 heavy (non-hydrogen) atoms. The highest BCUT2D eigenvalue weighted by Crippen LogP contribution is 2.40. The van der Waals surface area contributed by atoms with Crippen molar-refractivity contribution in [3.05, 3.63) is 76.2 Å². The molecule has 0 saturated heterocycles. The quantitative estimate of drug-likeness (QED) is 0.431. The number of carbonyl (C=O) groups is 2. The number of Topliss-reactive ketones (excluding diaryl/α,β-unsaturated/α-hetero) is 1. The number of likely N-dealkylation sites (N-methyl/N-ethyl adjacent to an activating group) is 1. The van der Waals surface area contributed by atoms with Gasteiger partial charge in [-0.15, -0.1) is 0 Å². The summed E-state index contributed by atoms with van der Waals surface area (Å²) in [6.45, 7) is 6.69. The minimum absolute atomic E-state index is 0.0199. The summed E-state index contributed by atoms with van der Waals surface area (Å²) in [6, 6.07) is 13.1. The standard InChI is InChI=1S/C26H27ClN2O5/c1-4-28(5-2)12-13-29-22(16-8-6-10-18(27)14-16)21(24(31)26(29)32)23(30)20-15-17-9-7-11-19(33-3)25(17)34-20/h6-11,14-15,22,31H,4-5,12-13H2,1-3H3/t22-/m1/s1. The molecule has 0 bridgehead atoms. The molecular weight excluding hydrogens is 456 g/mol. The van der Waals surface area contributed by atoms with Crippen molar-refractivity contribution in [3.8, 4) is 5.75 Å². The van der Waals surface area contributed by atoms with Gasteiger partial charge < -0.3 is 24.1 Å². The molecule has 8 heteroatoms. The molecule has 1 N–H and O–H groups in total. The summed E-state index contributed by atoms with van der Waals surface area (Å²) in [5, 5.41) is 12.0. The van der Waals surface area contributed by atoms with E-state index in [1.807, 2.05) is 13.8 Å². The van der Waals surface area contributed by atoms with Gasteiger partial charge in [0.2, 0.25) is 5.78 Å². The molecule has 3 aromatic rings. The lowest BCUT2D eigenvalue weighted by atomic mass is 9.95. The highest BCUT2D eigenvalue weighted by atomic mass is 35.5. The normalized spacial score (nSPS) is 16.2. The predicted octanol–water partition coefficient (Wildman–Crippen LogP) is 5.01. The fourth-order valence-electron chi connectivity index (χ4n) is 4.37. The van der Waals surface area contributed by atoms with Crippen molar-refractivity contribution in [2.75, 3.05) is 33.3 Å². The molecule has 0 radical (unpaired) electrons. The smallest absolute Gasteiger partial charge is 0.290 e. The maximum absolute atomic E-state index is 13.7. The summed E-state index contributed by atoms with van der Waals surface area (Å²) in [5.41, 5.74) is 1.04. The Hall–Kier alpha value is -3.29. The van der Waals surface area contributed by atoms with Crippen LogP contribution in [0.4, 0.5) is 0 Å². The van der Waals surface area contributed by atoms with Crippen LogP contribution >= 0.6 is 11.6 Å². The highest BCUT2D eigenvalue weighted by molar-refractivity contribution is 6.30. The van der Waals surface area contributed by atoms with Crippen LogP contribution in [0.5, 0.6) is 5.75 Å². The zero-order valence-electron chi connectivity index (χ0n) is 19.4. The zero-order chi connectivity index (χ0) is 24.4. The van der Waals surface area contributed by atoms with Gasteiger partial charge in [0, 0.05) is 23.5 Å². The third-order valence-electron chi connectivity index (χ3n) is 6.22. The lowest BCUT2D eigenvalue weighted by Gasteiger charge is -2.29. The number of ether oxygens (including phenoxy) is 1. The molecule has 0 spiro atoms. The number of furan rings is 1. The fraction of sp³-hybridized carbons (Fsp3) is 0.308. The molecule has 0 unspecified atom stereocenters. The topological polar surface area (TPSA) is 83.2 Å². The SMILES string of the molecule is CCN(CC)CCN1C(=O)C(O)=C(C(=O)c2cc3cccc(OC)c3o2)[C@H]1c1cccc(Cl)c1. The predicted molar refractivity (Wildman–Crippen MR) is 130 cm³/mol. The van der Waals surface area contributed by atoms with Crippen molar-refractivity contribution < 1.29 is 23.8 Å². The molecule has 0 fully saturated rings. The maximum atomic E-state index is 13.7. The lowest BCUT2D eigenvalue weighted by molar-refractivity contribution is -0.129. The third-order valence-corrected chi connectivity index (χ3v) is 6.45. The summed E-state index contributed by atoms with van der Waals surface area (Å²) >= 11 is 6.24. The molecule has 1 atom stereocenters. The zero-order valence-corrected chi connectivity index (χ0v) is 20.1. The lowest BCUT2D eigenvalue weighted by Crippen LogP contribution is -2.38. The number of carbonyl (C=O) groups excluding carboxylic acids is 2. The molecule has 0 aliphatic carbocycles. The van der Waals surface area contributed by atoms with Gasteiger partial charge in [0.1, 0.15) is 0 Å². The van der Waals surface area contributed by atoms with Crippen molar-refractivity contribution in [1.82, 2.24) is 9.80 Å². The second-order valence-corrected chi connectivity index (χ2v) is 8.50. The first-order valence-corrected chi connectivity index (χ1v) is 11.6. The summed E-state index contributed by atoms with van der Waals surface area (Å²) < 4.78 is 11.2. The molecular formula is C26H27ClN2O5. The minimum atomic E-state index is -0.788. The Balaban J connectivity index is 1.77. The monoisotopic (exact) mass is 482 g/mol. The Morgan fingerprint density at radius 1 is 1.18 bits per heavy atom. The van der Waals surface area contributed by atoms with Crippen molar-refractivity contribution in [2.45, 2.75) is 19.9 Å². The second-order valence-electron chi connectivity index (χ2n) is 8.06. The van der Waals surface area contributed by atoms with E-state index in [-0.39, 0.29) is 11.3 Å². The molecule has 0 saturated carbocycles. The molecule has 2 heterocycles. The van der Waals surface area contributed by atoms with Crippen LogP contribution in [0.2, 0.25) is 5.02 Å². The summed E-state index contributed by atoms with van der Waals surface area (Å²) in [7, 11) is 1.52. The van der Waals surface area contributed by atoms with E-state index in [1.54, 1.807) is 48.5 Å². The fourth-order valence-corrected chi connectivity index (χ4v) is 4.57. The van der Waals surface area contributed by atoms with E-state index in [9.17, 15) is 14.7 Å². The van der Waals surface area contributed by atoms with E-state index in [4.69, 9.17) is 20.8 Å². The van der Waals surface area contributed by atoms with Crippen LogP contribution in [-0.4, -0.2) is 59.9 Å². The number of aliphatic hydroxyl groups is 1. The number of methoxy groups -OCH3 is 1. The van der Waals surface area contributed by atoms with Gasteiger partial charge in [-0.3, -0.25) is 9.59 Å². The molecule has 2 aromatic carbocycles. The van der Waals surface area contributed by atoms with Crippen molar-refractivity contribution in [1.29, 1.82) is 0 Å². The van der Waals surface area contributed by atoms with Gasteiger partial charge in [0.05, 0.1) is 18.7 Å². The number of hydrogen-bond donors (Lipinski definition) is 1. The van der Waals surface area contributed by atoms with Crippen LogP contribution in [-0.2, 0) is 4.79 Å². The van der Waals surface area contributed by atoms with Gasteiger partial charge in [-0.05, 0) is 42.9 Å². The van der Waals surface area contributed by atoms with Gasteiger partial charge >= 0.3 is 0 Å². The Labute approximate surface area is 203 Å². The van der Waals surface area contributed by atoms with Crippen molar-refractivity contribution in [3.63, 3.8) is 0 Å². The van der Waals surface area contributed by atoms with Gasteiger partial charge in [0.15, 0.2) is 22.9 Å². The molecule has 7 nitrogen and oxygen atoms in total. The van der Waals surface area contributed by atoms with Crippen LogP contribution < -0.4 is 4.74 Å². The van der Waals surface area contributed by atoms with Crippen LogP contribution in [0.3, 0.4) is 0 Å². The Morgan fingerprint density at radius 2 is 1.91 bits per heavy atom. The van der Waals surface area contributed by atoms with Crippen molar-refractivity contribution in [2.24, 2.45) is 0 Å². The van der Waals surface area contributed by atoms with Crippen LogP contribution in [0.25, 0.3) is 11.0 Å². The van der Waals surface area contributed by atoms with Crippen LogP contribution in [0.15, 0.2) is 64.3 Å². The second kappa shape index (κ2) is 9.91. The summed E-state index contributed by atoms with van der Waals surface area (Å²) in [5.74, 6) is -1.20. The van der Waals surface area contributed by atoms with E-state index in [2.05, 4.69) is 4.90 Å². The molecule has 178 valence electrons. The number of benzene rings is 2. The first-order chi connectivity index (χ1) is 16.4. The molecule has 4 rings (SSSR count). The average Bonchev–Trinajstić information content (AvgIpc) is 3.39. The van der Waals surface area contributed by atoms with E-state index in [0.29, 0.717) is 40.4 Å². The van der Waals surface area contributed by atoms with Gasteiger partial charge in [-0.25, -0.2) is 0 Å². The Bertz CT molecular complexity index is 1260. The first kappa shape index (κ1) is 23.9. The molecule has 1 amide bonds. The van der Waals surface area contributed by atoms with E-state index < -0.39 is 23.5 Å². The van der Waals surface area contributed by atoms with Crippen molar-refractivity contribution >= 4 is 34.3 Å². The third kappa shape index (κ3) is 4.29. The summed E-state index contributed by atoms with van der Waals surface area (Å²) in [6.07, 6.45) is 0. The number of hydrogen-bond acceptors (Lipinski definition) is 6. The Kier molecular flexibility index (Phi) is 6.95. The average molecular weight is 483 g/mol.